The number of ether oxygens (including phenoxy) is 1. The minimum atomic E-state index is -0.502. The van der Waals surface area contributed by atoms with Crippen LogP contribution in [0.25, 0.3) is 0 Å². The van der Waals surface area contributed by atoms with E-state index < -0.39 is 5.97 Å². The fourth-order valence-electron chi connectivity index (χ4n) is 1.86. The van der Waals surface area contributed by atoms with Gasteiger partial charge in [0.2, 0.25) is 0 Å². The number of carbonyl (C=O) groups is 2. The van der Waals surface area contributed by atoms with Crippen molar-refractivity contribution in [3.63, 3.8) is 0 Å². The monoisotopic (exact) mass is 351 g/mol. The van der Waals surface area contributed by atoms with Gasteiger partial charge in [0.05, 0.1) is 16.5 Å². The van der Waals surface area contributed by atoms with Crippen molar-refractivity contribution >= 4 is 35.1 Å². The van der Waals surface area contributed by atoms with Gasteiger partial charge in [0.25, 0.3) is 5.91 Å². The zero-order chi connectivity index (χ0) is 16.7. The van der Waals surface area contributed by atoms with Crippen LogP contribution in [0.15, 0.2) is 48.5 Å². The molecule has 2 rings (SSSR count). The Morgan fingerprint density at radius 2 is 1.70 bits per heavy atom. The molecular formula is C17H15Cl2NO3. The molecular weight excluding hydrogens is 337 g/mol. The summed E-state index contributed by atoms with van der Waals surface area (Å²) in [6.07, 6.45) is 0.0306. The number of hydrogen-bond donors (Lipinski definition) is 1. The molecule has 0 saturated heterocycles. The molecule has 0 aliphatic heterocycles. The Balaban J connectivity index is 1.73. The molecule has 0 fully saturated rings. The number of halogens is 2. The molecule has 0 aliphatic carbocycles. The maximum absolute atomic E-state index is 11.7. The molecule has 1 amide bonds. The van der Waals surface area contributed by atoms with E-state index in [9.17, 15) is 9.59 Å². The molecule has 23 heavy (non-hydrogen) atoms. The first-order valence-corrected chi connectivity index (χ1v) is 7.70. The minimum Gasteiger partial charge on any atom is -0.455 e. The van der Waals surface area contributed by atoms with Crippen molar-refractivity contribution in [3.8, 4) is 0 Å². The van der Waals surface area contributed by atoms with Crippen molar-refractivity contribution in [2.24, 2.45) is 0 Å². The fourth-order valence-corrected chi connectivity index (χ4v) is 2.18. The summed E-state index contributed by atoms with van der Waals surface area (Å²) in [6.45, 7) is 0.0804. The van der Waals surface area contributed by atoms with Gasteiger partial charge in [-0.1, -0.05) is 59.6 Å². The highest BCUT2D eigenvalue weighted by Crippen LogP contribution is 2.22. The minimum absolute atomic E-state index is 0.0306. The van der Waals surface area contributed by atoms with Crippen LogP contribution in [-0.4, -0.2) is 18.5 Å². The van der Waals surface area contributed by atoms with Crippen LogP contribution in [0.3, 0.4) is 0 Å². The molecule has 2 aromatic carbocycles. The lowest BCUT2D eigenvalue weighted by Crippen LogP contribution is -2.28. The van der Waals surface area contributed by atoms with Gasteiger partial charge >= 0.3 is 5.97 Å². The quantitative estimate of drug-likeness (QED) is 0.811. The number of nitrogens with one attached hydrogen (secondary N) is 1. The van der Waals surface area contributed by atoms with E-state index >= 15 is 0 Å². The summed E-state index contributed by atoms with van der Waals surface area (Å²) in [7, 11) is 0. The van der Waals surface area contributed by atoms with Crippen molar-refractivity contribution in [1.82, 2.24) is 5.32 Å². The normalized spacial score (nSPS) is 10.2. The fraction of sp³-hybridized carbons (Fsp3) is 0.176. The Labute approximate surface area is 144 Å². The van der Waals surface area contributed by atoms with Crippen molar-refractivity contribution in [2.45, 2.75) is 13.0 Å². The summed E-state index contributed by atoms with van der Waals surface area (Å²) < 4.78 is 4.94. The SMILES string of the molecule is O=C(COC(=O)Cc1ccc(Cl)c(Cl)c1)NCc1ccccc1. The average molecular weight is 352 g/mol. The van der Waals surface area contributed by atoms with Crippen molar-refractivity contribution in [3.05, 3.63) is 69.7 Å². The van der Waals surface area contributed by atoms with Crippen molar-refractivity contribution in [1.29, 1.82) is 0 Å². The van der Waals surface area contributed by atoms with E-state index in [4.69, 9.17) is 27.9 Å². The zero-order valence-electron chi connectivity index (χ0n) is 12.2. The van der Waals surface area contributed by atoms with Crippen molar-refractivity contribution < 1.29 is 14.3 Å². The molecule has 0 saturated carbocycles. The smallest absolute Gasteiger partial charge is 0.310 e. The van der Waals surface area contributed by atoms with E-state index in [0.29, 0.717) is 22.2 Å². The van der Waals surface area contributed by atoms with Gasteiger partial charge in [0, 0.05) is 6.54 Å². The number of hydrogen-bond acceptors (Lipinski definition) is 3. The predicted molar refractivity (Wildman–Crippen MR) is 89.4 cm³/mol. The molecule has 0 radical (unpaired) electrons. The van der Waals surface area contributed by atoms with E-state index in [1.54, 1.807) is 18.2 Å². The van der Waals surface area contributed by atoms with Gasteiger partial charge in [0.1, 0.15) is 0 Å². The summed E-state index contributed by atoms with van der Waals surface area (Å²) in [4.78, 5) is 23.4. The number of benzene rings is 2. The molecule has 0 atom stereocenters. The molecule has 0 bridgehead atoms. The number of rotatable bonds is 6. The number of amides is 1. The highest BCUT2D eigenvalue weighted by atomic mass is 35.5. The predicted octanol–water partition coefficient (Wildman–Crippen LogP) is 3.40. The van der Waals surface area contributed by atoms with Gasteiger partial charge in [-0.15, -0.1) is 0 Å². The summed E-state index contributed by atoms with van der Waals surface area (Å²) >= 11 is 11.7. The Morgan fingerprint density at radius 1 is 0.957 bits per heavy atom. The van der Waals surface area contributed by atoms with Gasteiger partial charge in [0.15, 0.2) is 6.61 Å². The molecule has 0 spiro atoms. The average Bonchev–Trinajstić information content (AvgIpc) is 2.55. The van der Waals surface area contributed by atoms with Gasteiger partial charge in [-0.2, -0.15) is 0 Å². The first-order chi connectivity index (χ1) is 11.0. The molecule has 0 unspecified atom stereocenters. The largest absolute Gasteiger partial charge is 0.455 e. The summed E-state index contributed by atoms with van der Waals surface area (Å²) in [5.74, 6) is -0.852. The maximum Gasteiger partial charge on any atom is 0.310 e. The second kappa shape index (κ2) is 8.56. The second-order valence-corrected chi connectivity index (χ2v) is 5.66. The van der Waals surface area contributed by atoms with Crippen LogP contribution in [0.5, 0.6) is 0 Å². The topological polar surface area (TPSA) is 55.4 Å². The van der Waals surface area contributed by atoms with Gasteiger partial charge in [-0.3, -0.25) is 9.59 Å². The molecule has 1 N–H and O–H groups in total. The van der Waals surface area contributed by atoms with Gasteiger partial charge in [-0.05, 0) is 23.3 Å². The summed E-state index contributed by atoms with van der Waals surface area (Å²) in [5.41, 5.74) is 1.65. The molecule has 2 aromatic rings. The Kier molecular flexibility index (Phi) is 6.44. The lowest BCUT2D eigenvalue weighted by molar-refractivity contribution is -0.147. The highest BCUT2D eigenvalue weighted by molar-refractivity contribution is 6.42. The van der Waals surface area contributed by atoms with Crippen LogP contribution in [0.2, 0.25) is 10.0 Å². The number of carbonyl (C=O) groups excluding carboxylic acids is 2. The van der Waals surface area contributed by atoms with Crippen LogP contribution >= 0.6 is 23.2 Å². The van der Waals surface area contributed by atoms with Crippen LogP contribution in [0.1, 0.15) is 11.1 Å². The van der Waals surface area contributed by atoms with Crippen LogP contribution < -0.4 is 5.32 Å². The third-order valence-electron chi connectivity index (χ3n) is 3.03. The molecule has 120 valence electrons. The lowest BCUT2D eigenvalue weighted by Gasteiger charge is -2.07. The van der Waals surface area contributed by atoms with Gasteiger partial charge < -0.3 is 10.1 Å². The standard InChI is InChI=1S/C17H15Cl2NO3/c18-14-7-6-13(8-15(14)19)9-17(22)23-11-16(21)20-10-12-4-2-1-3-5-12/h1-8H,9-11H2,(H,20,21). The Hall–Kier alpha value is -2.04. The summed E-state index contributed by atoms with van der Waals surface area (Å²) in [5, 5.41) is 3.47. The molecule has 0 aliphatic rings. The van der Waals surface area contributed by atoms with E-state index in [0.717, 1.165) is 5.56 Å². The summed E-state index contributed by atoms with van der Waals surface area (Å²) in [6, 6.07) is 14.4. The maximum atomic E-state index is 11.7. The molecule has 0 heterocycles. The van der Waals surface area contributed by atoms with Crippen molar-refractivity contribution in [2.75, 3.05) is 6.61 Å². The van der Waals surface area contributed by atoms with Crippen LogP contribution in [0.4, 0.5) is 0 Å². The number of esters is 1. The highest BCUT2D eigenvalue weighted by Gasteiger charge is 2.09. The molecule has 4 nitrogen and oxygen atoms in total. The third kappa shape index (κ3) is 5.93. The Morgan fingerprint density at radius 3 is 2.39 bits per heavy atom. The van der Waals surface area contributed by atoms with E-state index in [1.165, 1.54) is 0 Å². The van der Waals surface area contributed by atoms with Gasteiger partial charge in [-0.25, -0.2) is 0 Å². The van der Waals surface area contributed by atoms with Crippen LogP contribution in [0, 0.1) is 0 Å². The van der Waals surface area contributed by atoms with E-state index in [1.807, 2.05) is 30.3 Å². The Bertz CT molecular complexity index is 689. The first-order valence-electron chi connectivity index (χ1n) is 6.95. The van der Waals surface area contributed by atoms with E-state index in [2.05, 4.69) is 5.32 Å². The second-order valence-electron chi connectivity index (χ2n) is 4.85. The van der Waals surface area contributed by atoms with Crippen LogP contribution in [-0.2, 0) is 27.3 Å². The lowest BCUT2D eigenvalue weighted by atomic mass is 10.1. The third-order valence-corrected chi connectivity index (χ3v) is 3.77. The molecule has 0 aromatic heterocycles. The zero-order valence-corrected chi connectivity index (χ0v) is 13.7. The first kappa shape index (κ1) is 17.3. The van der Waals surface area contributed by atoms with E-state index in [-0.39, 0.29) is 18.9 Å². The molecule has 6 heteroatoms.